The number of nitrogens with zero attached hydrogens (tertiary/aromatic N) is 5. The third kappa shape index (κ3) is 6.61. The van der Waals surface area contributed by atoms with Crippen molar-refractivity contribution in [1.82, 2.24) is 24.8 Å². The Kier molecular flexibility index (Phi) is 8.77. The van der Waals surface area contributed by atoms with E-state index in [0.29, 0.717) is 19.5 Å². The standard InChI is InChI=1S/C35H38N6O2/c1-26-34(29-12-6-3-7-13-29)35-37-31(25-33(41(35)38-26)40-19-17-39(18-20-40)21-22-42)30-14-8-11-28(23-30)15-16-36-32(43)24-27-9-4-2-5-10-27/h2-14,23,25,42H,15-22,24H2,1H3,(H,36,43). The van der Waals surface area contributed by atoms with Crippen LogP contribution in [0.15, 0.2) is 91.0 Å². The number of anilines is 1. The van der Waals surface area contributed by atoms with Gasteiger partial charge in [0.2, 0.25) is 5.91 Å². The average molecular weight is 575 g/mol. The van der Waals surface area contributed by atoms with Crippen molar-refractivity contribution in [1.29, 1.82) is 0 Å². The van der Waals surface area contributed by atoms with E-state index in [2.05, 4.69) is 57.6 Å². The molecule has 2 N–H and O–H groups in total. The molecule has 1 amide bonds. The minimum Gasteiger partial charge on any atom is -0.395 e. The van der Waals surface area contributed by atoms with Crippen molar-refractivity contribution in [3.8, 4) is 22.4 Å². The molecule has 2 aromatic heterocycles. The number of hydrogen-bond acceptors (Lipinski definition) is 6. The molecule has 0 bridgehead atoms. The molecule has 1 fully saturated rings. The summed E-state index contributed by atoms with van der Waals surface area (Å²) in [6, 6.07) is 30.7. The largest absolute Gasteiger partial charge is 0.395 e. The molecule has 0 spiro atoms. The van der Waals surface area contributed by atoms with Crippen molar-refractivity contribution in [3.63, 3.8) is 0 Å². The lowest BCUT2D eigenvalue weighted by Gasteiger charge is -2.35. The predicted molar refractivity (Wildman–Crippen MR) is 171 cm³/mol. The summed E-state index contributed by atoms with van der Waals surface area (Å²) in [4.78, 5) is 22.3. The van der Waals surface area contributed by atoms with E-state index in [1.54, 1.807) is 0 Å². The second-order valence-corrected chi connectivity index (χ2v) is 11.1. The highest BCUT2D eigenvalue weighted by molar-refractivity contribution is 5.83. The summed E-state index contributed by atoms with van der Waals surface area (Å²) in [6.07, 6.45) is 1.12. The molecule has 43 heavy (non-hydrogen) atoms. The van der Waals surface area contributed by atoms with Gasteiger partial charge >= 0.3 is 0 Å². The quantitative estimate of drug-likeness (QED) is 0.257. The van der Waals surface area contributed by atoms with Gasteiger partial charge in [0.1, 0.15) is 5.82 Å². The first kappa shape index (κ1) is 28.6. The van der Waals surface area contributed by atoms with Gasteiger partial charge in [-0.1, -0.05) is 78.9 Å². The van der Waals surface area contributed by atoms with Gasteiger partial charge in [-0.25, -0.2) is 4.98 Å². The SMILES string of the molecule is Cc1nn2c(N3CCN(CCO)CC3)cc(-c3cccc(CCNC(=O)Cc4ccccc4)c3)nc2c1-c1ccccc1. The molecule has 8 heteroatoms. The number of aliphatic hydroxyl groups is 1. The zero-order chi connectivity index (χ0) is 29.6. The molecule has 0 atom stereocenters. The number of hydrogen-bond donors (Lipinski definition) is 2. The molecule has 0 radical (unpaired) electrons. The first-order chi connectivity index (χ1) is 21.1. The maximum absolute atomic E-state index is 12.5. The Hall–Kier alpha value is -4.53. The summed E-state index contributed by atoms with van der Waals surface area (Å²) >= 11 is 0. The van der Waals surface area contributed by atoms with E-state index in [4.69, 9.17) is 10.1 Å². The Morgan fingerprint density at radius 3 is 2.30 bits per heavy atom. The molecule has 220 valence electrons. The van der Waals surface area contributed by atoms with Crippen molar-refractivity contribution in [2.45, 2.75) is 19.8 Å². The molecule has 5 aromatic rings. The lowest BCUT2D eigenvalue weighted by atomic mass is 10.0. The van der Waals surface area contributed by atoms with Crippen molar-refractivity contribution >= 4 is 17.4 Å². The molecule has 0 saturated carbocycles. The van der Waals surface area contributed by atoms with Gasteiger partial charge < -0.3 is 15.3 Å². The third-order valence-electron chi connectivity index (χ3n) is 8.09. The number of aromatic nitrogens is 3. The van der Waals surface area contributed by atoms with Gasteiger partial charge in [-0.05, 0) is 36.1 Å². The van der Waals surface area contributed by atoms with Crippen molar-refractivity contribution in [2.24, 2.45) is 0 Å². The van der Waals surface area contributed by atoms with Gasteiger partial charge in [0, 0.05) is 56.5 Å². The number of rotatable bonds is 10. The van der Waals surface area contributed by atoms with Gasteiger partial charge in [-0.2, -0.15) is 9.61 Å². The molecule has 0 unspecified atom stereocenters. The van der Waals surface area contributed by atoms with Crippen molar-refractivity contribution in [3.05, 3.63) is 108 Å². The van der Waals surface area contributed by atoms with E-state index in [-0.39, 0.29) is 12.5 Å². The number of amides is 1. The molecule has 6 rings (SSSR count). The Labute approximate surface area is 252 Å². The molecule has 8 nitrogen and oxygen atoms in total. The summed E-state index contributed by atoms with van der Waals surface area (Å²) < 4.78 is 2.00. The van der Waals surface area contributed by atoms with Crippen LogP contribution < -0.4 is 10.2 Å². The fourth-order valence-corrected chi connectivity index (χ4v) is 5.84. The lowest BCUT2D eigenvalue weighted by Crippen LogP contribution is -2.47. The van der Waals surface area contributed by atoms with Crippen LogP contribution in [0.2, 0.25) is 0 Å². The predicted octanol–water partition coefficient (Wildman–Crippen LogP) is 4.39. The first-order valence-corrected chi connectivity index (χ1v) is 15.0. The van der Waals surface area contributed by atoms with Crippen LogP contribution in [0.25, 0.3) is 28.0 Å². The highest BCUT2D eigenvalue weighted by Gasteiger charge is 2.23. The van der Waals surface area contributed by atoms with Crippen LogP contribution in [0, 0.1) is 6.92 Å². The number of fused-ring (bicyclic) bond motifs is 1. The van der Waals surface area contributed by atoms with E-state index in [0.717, 1.165) is 83.3 Å². The number of piperazine rings is 1. The van der Waals surface area contributed by atoms with E-state index < -0.39 is 0 Å². The number of aliphatic hydroxyl groups excluding tert-OH is 1. The van der Waals surface area contributed by atoms with E-state index in [1.807, 2.05) is 60.0 Å². The maximum atomic E-state index is 12.5. The van der Waals surface area contributed by atoms with Crippen LogP contribution in [0.3, 0.4) is 0 Å². The summed E-state index contributed by atoms with van der Waals surface area (Å²) in [6.45, 7) is 6.96. The first-order valence-electron chi connectivity index (χ1n) is 15.0. The minimum absolute atomic E-state index is 0.0303. The second kappa shape index (κ2) is 13.2. The van der Waals surface area contributed by atoms with Gasteiger partial charge in [-0.15, -0.1) is 0 Å². The zero-order valence-corrected chi connectivity index (χ0v) is 24.6. The van der Waals surface area contributed by atoms with Gasteiger partial charge in [0.15, 0.2) is 5.65 Å². The van der Waals surface area contributed by atoms with Crippen molar-refractivity contribution in [2.75, 3.05) is 50.8 Å². The smallest absolute Gasteiger partial charge is 0.224 e. The average Bonchev–Trinajstić information content (AvgIpc) is 3.38. The minimum atomic E-state index is 0.0303. The zero-order valence-electron chi connectivity index (χ0n) is 24.6. The second-order valence-electron chi connectivity index (χ2n) is 11.1. The third-order valence-corrected chi connectivity index (χ3v) is 8.09. The highest BCUT2D eigenvalue weighted by Crippen LogP contribution is 2.33. The number of nitrogens with one attached hydrogen (secondary N) is 1. The van der Waals surface area contributed by atoms with Gasteiger partial charge in [0.25, 0.3) is 0 Å². The molecular weight excluding hydrogens is 536 g/mol. The van der Waals surface area contributed by atoms with Gasteiger partial charge in [0.05, 0.1) is 24.4 Å². The van der Waals surface area contributed by atoms with Crippen LogP contribution in [0.4, 0.5) is 5.82 Å². The monoisotopic (exact) mass is 574 g/mol. The summed E-state index contributed by atoms with van der Waals surface area (Å²) in [7, 11) is 0. The Morgan fingerprint density at radius 1 is 0.860 bits per heavy atom. The summed E-state index contributed by atoms with van der Waals surface area (Å²) in [5, 5.41) is 17.5. The Morgan fingerprint density at radius 2 is 1.56 bits per heavy atom. The molecule has 3 heterocycles. The molecule has 1 saturated heterocycles. The van der Waals surface area contributed by atoms with Crippen LogP contribution in [0.1, 0.15) is 16.8 Å². The number of benzene rings is 3. The van der Waals surface area contributed by atoms with Crippen LogP contribution in [0.5, 0.6) is 0 Å². The van der Waals surface area contributed by atoms with Crippen LogP contribution in [-0.2, 0) is 17.6 Å². The number of carbonyl (C=O) groups excluding carboxylic acids is 1. The topological polar surface area (TPSA) is 86.0 Å². The Balaban J connectivity index is 1.29. The lowest BCUT2D eigenvalue weighted by molar-refractivity contribution is -0.120. The summed E-state index contributed by atoms with van der Waals surface area (Å²) in [5.74, 6) is 1.05. The van der Waals surface area contributed by atoms with E-state index in [9.17, 15) is 9.90 Å². The fraction of sp³-hybridized carbons (Fsp3) is 0.286. The molecule has 1 aliphatic rings. The number of β-amino-alcohol motifs (C(OH)–C–C–N with tert-alkyl or cyclic N) is 1. The Bertz CT molecular complexity index is 1680. The fourth-order valence-electron chi connectivity index (χ4n) is 5.84. The molecular formula is C35H38N6O2. The molecule has 0 aliphatic carbocycles. The van der Waals surface area contributed by atoms with Gasteiger partial charge in [-0.3, -0.25) is 9.69 Å². The molecule has 1 aliphatic heterocycles. The number of carbonyl (C=O) groups is 1. The maximum Gasteiger partial charge on any atom is 0.224 e. The van der Waals surface area contributed by atoms with Crippen LogP contribution in [-0.4, -0.2) is 76.4 Å². The normalized spacial score (nSPS) is 13.9. The highest BCUT2D eigenvalue weighted by atomic mass is 16.3. The number of aryl methyl sites for hydroxylation is 1. The summed E-state index contributed by atoms with van der Waals surface area (Å²) in [5.41, 5.74) is 8.01. The van der Waals surface area contributed by atoms with Crippen LogP contribution >= 0.6 is 0 Å². The van der Waals surface area contributed by atoms with Crippen molar-refractivity contribution < 1.29 is 9.90 Å². The van der Waals surface area contributed by atoms with E-state index >= 15 is 0 Å². The van der Waals surface area contributed by atoms with E-state index in [1.165, 1.54) is 0 Å². The molecule has 3 aromatic carbocycles.